The number of nitro groups is 1. The zero-order valence-electron chi connectivity index (χ0n) is 14.2. The number of aromatic nitrogens is 2. The number of anilines is 2. The first kappa shape index (κ1) is 20.0. The van der Waals surface area contributed by atoms with Gasteiger partial charge in [-0.05, 0) is 58.0 Å². The zero-order valence-corrected chi connectivity index (χ0v) is 17.1. The summed E-state index contributed by atoms with van der Waals surface area (Å²) in [7, 11) is 0. The van der Waals surface area contributed by atoms with Crippen LogP contribution in [0, 0.1) is 13.7 Å². The lowest BCUT2D eigenvalue weighted by atomic mass is 10.1. The molecule has 1 heterocycles. The summed E-state index contributed by atoms with van der Waals surface area (Å²) in [5.74, 6) is 0.192. The van der Waals surface area contributed by atoms with Gasteiger partial charge in [-0.25, -0.2) is 4.98 Å². The first-order valence-electron chi connectivity index (χ1n) is 7.99. The summed E-state index contributed by atoms with van der Waals surface area (Å²) >= 11 is 7.92. The van der Waals surface area contributed by atoms with E-state index in [1.165, 1.54) is 24.3 Å². The van der Waals surface area contributed by atoms with Crippen LogP contribution in [0.3, 0.4) is 0 Å². The third-order valence-corrected chi connectivity index (χ3v) is 4.65. The molecule has 3 aromatic rings. The third kappa shape index (κ3) is 5.14. The Balaban J connectivity index is 1.69. The second-order valence-corrected chi connectivity index (χ2v) is 7.15. The maximum atomic E-state index is 12.4. The van der Waals surface area contributed by atoms with E-state index in [1.807, 2.05) is 6.07 Å². The number of carbonyl (C=O) groups is 1. The monoisotopic (exact) mass is 509 g/mol. The van der Waals surface area contributed by atoms with E-state index < -0.39 is 10.8 Å². The van der Waals surface area contributed by atoms with Crippen LogP contribution < -0.4 is 10.6 Å². The van der Waals surface area contributed by atoms with Crippen molar-refractivity contribution in [2.45, 2.75) is 6.54 Å². The predicted molar refractivity (Wildman–Crippen MR) is 115 cm³/mol. The van der Waals surface area contributed by atoms with Crippen LogP contribution in [0.5, 0.6) is 0 Å². The van der Waals surface area contributed by atoms with Crippen molar-refractivity contribution in [3.8, 4) is 0 Å². The lowest BCUT2D eigenvalue weighted by Gasteiger charge is -2.10. The van der Waals surface area contributed by atoms with Crippen LogP contribution in [0.2, 0.25) is 5.28 Å². The summed E-state index contributed by atoms with van der Waals surface area (Å²) in [6.45, 7) is 0.462. The number of amides is 1. The van der Waals surface area contributed by atoms with Gasteiger partial charge in [0.2, 0.25) is 5.28 Å². The van der Waals surface area contributed by atoms with Crippen LogP contribution in [0.25, 0.3) is 0 Å². The highest BCUT2D eigenvalue weighted by Gasteiger charge is 2.12. The quantitative estimate of drug-likeness (QED) is 0.219. The molecule has 0 aliphatic carbocycles. The van der Waals surface area contributed by atoms with E-state index >= 15 is 0 Å². The summed E-state index contributed by atoms with van der Waals surface area (Å²) in [5.41, 5.74) is 1.56. The van der Waals surface area contributed by atoms with Crippen LogP contribution in [0.4, 0.5) is 17.2 Å². The van der Waals surface area contributed by atoms with Crippen molar-refractivity contribution in [3.05, 3.63) is 84.8 Å². The fourth-order valence-corrected chi connectivity index (χ4v) is 2.96. The molecule has 0 fully saturated rings. The van der Waals surface area contributed by atoms with Crippen molar-refractivity contribution in [2.24, 2.45) is 0 Å². The zero-order chi connectivity index (χ0) is 20.1. The molecule has 0 aliphatic rings. The number of nitro benzene ring substituents is 1. The number of hydrogen-bond donors (Lipinski definition) is 2. The van der Waals surface area contributed by atoms with Crippen molar-refractivity contribution in [1.29, 1.82) is 0 Å². The number of nitrogens with one attached hydrogen (secondary N) is 2. The smallest absolute Gasteiger partial charge is 0.270 e. The lowest BCUT2D eigenvalue weighted by Crippen LogP contribution is -2.12. The number of nitrogens with zero attached hydrogens (tertiary/aromatic N) is 3. The summed E-state index contributed by atoms with van der Waals surface area (Å²) < 4.78 is 0.831. The molecular weight excluding hydrogens is 497 g/mol. The fraction of sp³-hybridized carbons (Fsp3) is 0.0556. The number of benzene rings is 2. The van der Waals surface area contributed by atoms with Crippen molar-refractivity contribution in [2.75, 3.05) is 10.6 Å². The maximum absolute atomic E-state index is 12.4. The Labute approximate surface area is 178 Å². The molecule has 10 heteroatoms. The van der Waals surface area contributed by atoms with E-state index in [1.54, 1.807) is 24.4 Å². The molecule has 8 nitrogen and oxygen atoms in total. The van der Waals surface area contributed by atoms with Crippen LogP contribution in [0.1, 0.15) is 15.9 Å². The molecule has 0 saturated heterocycles. The molecule has 142 valence electrons. The van der Waals surface area contributed by atoms with E-state index in [0.717, 1.165) is 9.13 Å². The van der Waals surface area contributed by atoms with Crippen molar-refractivity contribution >= 4 is 57.3 Å². The van der Waals surface area contributed by atoms with Gasteiger partial charge < -0.3 is 10.6 Å². The molecule has 3 rings (SSSR count). The SMILES string of the molecule is O=C(Nc1cccc(CNc2nc(Cl)ncc2I)c1)c1cccc([N+](=O)[O-])c1. The van der Waals surface area contributed by atoms with Crippen molar-refractivity contribution in [1.82, 2.24) is 9.97 Å². The molecule has 0 spiro atoms. The highest BCUT2D eigenvalue weighted by atomic mass is 127. The lowest BCUT2D eigenvalue weighted by molar-refractivity contribution is -0.384. The van der Waals surface area contributed by atoms with Gasteiger partial charge in [0.15, 0.2) is 0 Å². The highest BCUT2D eigenvalue weighted by molar-refractivity contribution is 14.1. The summed E-state index contributed by atoms with van der Waals surface area (Å²) in [4.78, 5) is 30.7. The Kier molecular flexibility index (Phi) is 6.37. The average molecular weight is 510 g/mol. The molecule has 28 heavy (non-hydrogen) atoms. The van der Waals surface area contributed by atoms with Gasteiger partial charge >= 0.3 is 0 Å². The Morgan fingerprint density at radius 2 is 2.00 bits per heavy atom. The van der Waals surface area contributed by atoms with Crippen LogP contribution in [-0.4, -0.2) is 20.8 Å². The summed E-state index contributed by atoms with van der Waals surface area (Å²) in [6, 6.07) is 12.8. The molecular formula is C18H13ClIN5O3. The standard InChI is InChI=1S/C18H13ClIN5O3/c19-18-22-10-15(20)16(24-18)21-9-11-3-1-5-13(7-11)23-17(26)12-4-2-6-14(8-12)25(27)28/h1-8,10H,9H2,(H,23,26)(H,21,22,24). The normalized spacial score (nSPS) is 10.4. The first-order valence-corrected chi connectivity index (χ1v) is 9.45. The minimum atomic E-state index is -0.538. The molecule has 0 atom stereocenters. The van der Waals surface area contributed by atoms with Gasteiger partial charge in [0.05, 0.1) is 8.49 Å². The molecule has 0 bridgehead atoms. The van der Waals surface area contributed by atoms with Gasteiger partial charge in [-0.15, -0.1) is 0 Å². The van der Waals surface area contributed by atoms with Gasteiger partial charge in [0.1, 0.15) is 5.82 Å². The van der Waals surface area contributed by atoms with Crippen LogP contribution in [0.15, 0.2) is 54.7 Å². The molecule has 0 saturated carbocycles. The fourth-order valence-electron chi connectivity index (χ4n) is 2.38. The van der Waals surface area contributed by atoms with Crippen LogP contribution in [-0.2, 0) is 6.54 Å². The third-order valence-electron chi connectivity index (χ3n) is 3.68. The van der Waals surface area contributed by atoms with Gasteiger partial charge in [0, 0.05) is 36.1 Å². The molecule has 1 amide bonds. The minimum Gasteiger partial charge on any atom is -0.365 e. The highest BCUT2D eigenvalue weighted by Crippen LogP contribution is 2.19. The van der Waals surface area contributed by atoms with E-state index in [2.05, 4.69) is 43.2 Å². The van der Waals surface area contributed by atoms with Gasteiger partial charge in [0.25, 0.3) is 11.6 Å². The number of halogens is 2. The summed E-state index contributed by atoms with van der Waals surface area (Å²) in [6.07, 6.45) is 1.62. The van der Waals surface area contributed by atoms with E-state index in [0.29, 0.717) is 18.1 Å². The molecule has 0 radical (unpaired) electrons. The van der Waals surface area contributed by atoms with Crippen LogP contribution >= 0.6 is 34.2 Å². The Hall–Kier alpha value is -2.79. The Bertz CT molecular complexity index is 1050. The second-order valence-electron chi connectivity index (χ2n) is 5.65. The van der Waals surface area contributed by atoms with Crippen molar-refractivity contribution < 1.29 is 9.72 Å². The minimum absolute atomic E-state index is 0.135. The first-order chi connectivity index (χ1) is 13.4. The topological polar surface area (TPSA) is 110 Å². The number of rotatable bonds is 6. The molecule has 2 N–H and O–H groups in total. The van der Waals surface area contributed by atoms with Gasteiger partial charge in [-0.3, -0.25) is 14.9 Å². The van der Waals surface area contributed by atoms with E-state index in [9.17, 15) is 14.9 Å². The Morgan fingerprint density at radius 1 is 1.21 bits per heavy atom. The molecule has 0 aliphatic heterocycles. The Morgan fingerprint density at radius 3 is 2.79 bits per heavy atom. The maximum Gasteiger partial charge on any atom is 0.270 e. The second kappa shape index (κ2) is 8.93. The predicted octanol–water partition coefficient (Wildman–Crippen LogP) is 4.51. The number of carbonyl (C=O) groups excluding carboxylic acids is 1. The molecule has 0 unspecified atom stereocenters. The molecule has 1 aromatic heterocycles. The van der Waals surface area contributed by atoms with E-state index in [-0.39, 0.29) is 16.5 Å². The van der Waals surface area contributed by atoms with Crippen molar-refractivity contribution in [3.63, 3.8) is 0 Å². The molecule has 2 aromatic carbocycles. The summed E-state index contributed by atoms with van der Waals surface area (Å²) in [5, 5.41) is 16.9. The van der Waals surface area contributed by atoms with Gasteiger partial charge in [-0.1, -0.05) is 18.2 Å². The number of hydrogen-bond acceptors (Lipinski definition) is 6. The van der Waals surface area contributed by atoms with Gasteiger partial charge in [-0.2, -0.15) is 4.98 Å². The van der Waals surface area contributed by atoms with E-state index in [4.69, 9.17) is 11.6 Å². The largest absolute Gasteiger partial charge is 0.365 e. The number of non-ortho nitro benzene ring substituents is 1. The average Bonchev–Trinajstić information content (AvgIpc) is 2.69.